The highest BCUT2D eigenvalue weighted by Crippen LogP contribution is 2.33. The van der Waals surface area contributed by atoms with Gasteiger partial charge in [0.15, 0.2) is 0 Å². The summed E-state index contributed by atoms with van der Waals surface area (Å²) in [4.78, 5) is 10.3. The third kappa shape index (κ3) is 3.26. The van der Waals surface area contributed by atoms with Crippen LogP contribution in [0.1, 0.15) is 25.8 Å². The van der Waals surface area contributed by atoms with Crippen LogP contribution in [0.4, 0.5) is 5.69 Å². The maximum absolute atomic E-state index is 12.8. The molecule has 122 valence electrons. The molecule has 1 fully saturated rings. The molecular formula is C14H19ClN2O4S. The van der Waals surface area contributed by atoms with Gasteiger partial charge in [-0.25, -0.2) is 8.42 Å². The van der Waals surface area contributed by atoms with Gasteiger partial charge in [-0.2, -0.15) is 4.31 Å². The van der Waals surface area contributed by atoms with Crippen molar-refractivity contribution < 1.29 is 13.3 Å². The van der Waals surface area contributed by atoms with E-state index in [4.69, 9.17) is 11.6 Å². The number of nitro groups is 1. The van der Waals surface area contributed by atoms with Crippen molar-refractivity contribution in [3.05, 3.63) is 32.8 Å². The first-order valence-corrected chi connectivity index (χ1v) is 8.89. The minimum absolute atomic E-state index is 0.0888. The average Bonchev–Trinajstić information content (AvgIpc) is 2.40. The normalized spacial score (nSPS) is 23.5. The van der Waals surface area contributed by atoms with Gasteiger partial charge < -0.3 is 0 Å². The van der Waals surface area contributed by atoms with Crippen molar-refractivity contribution in [2.45, 2.75) is 32.1 Å². The highest BCUT2D eigenvalue weighted by Gasteiger charge is 2.33. The fraction of sp³-hybridized carbons (Fsp3) is 0.571. The predicted molar refractivity (Wildman–Crippen MR) is 84.5 cm³/mol. The number of halogens is 1. The van der Waals surface area contributed by atoms with Crippen LogP contribution in [0.25, 0.3) is 0 Å². The third-order valence-electron chi connectivity index (χ3n) is 3.96. The first-order chi connectivity index (χ1) is 10.1. The number of sulfonamides is 1. The van der Waals surface area contributed by atoms with Gasteiger partial charge in [0.1, 0.15) is 0 Å². The molecule has 0 spiro atoms. The van der Waals surface area contributed by atoms with Crippen molar-refractivity contribution in [1.29, 1.82) is 0 Å². The van der Waals surface area contributed by atoms with Gasteiger partial charge >= 0.3 is 0 Å². The standard InChI is InChI=1S/C14H19ClN2O4S/c1-9-4-10(2)8-16(7-9)22(20,21)12-5-13(15)11(3)14(6-12)17(18)19/h5-6,9-10H,4,7-8H2,1-3H3/t9-,10-/m1/s1. The topological polar surface area (TPSA) is 80.5 Å². The van der Waals surface area contributed by atoms with E-state index in [2.05, 4.69) is 0 Å². The van der Waals surface area contributed by atoms with Crippen LogP contribution in [-0.2, 0) is 10.0 Å². The molecule has 0 aromatic heterocycles. The van der Waals surface area contributed by atoms with Crippen molar-refractivity contribution in [2.75, 3.05) is 13.1 Å². The quantitative estimate of drug-likeness (QED) is 0.621. The van der Waals surface area contributed by atoms with Crippen LogP contribution in [0.3, 0.4) is 0 Å². The molecule has 0 saturated carbocycles. The molecule has 0 amide bonds. The molecule has 1 aromatic carbocycles. The first kappa shape index (κ1) is 17.2. The van der Waals surface area contributed by atoms with Crippen LogP contribution in [0.2, 0.25) is 5.02 Å². The summed E-state index contributed by atoms with van der Waals surface area (Å²) in [5.41, 5.74) is -0.00446. The zero-order chi connectivity index (χ0) is 16.7. The van der Waals surface area contributed by atoms with Gasteiger partial charge in [0.05, 0.1) is 14.8 Å². The maximum Gasteiger partial charge on any atom is 0.275 e. The zero-order valence-corrected chi connectivity index (χ0v) is 14.3. The summed E-state index contributed by atoms with van der Waals surface area (Å²) in [5.74, 6) is 0.517. The van der Waals surface area contributed by atoms with Crippen molar-refractivity contribution >= 4 is 27.3 Å². The van der Waals surface area contributed by atoms with E-state index in [1.54, 1.807) is 0 Å². The summed E-state index contributed by atoms with van der Waals surface area (Å²) in [7, 11) is -3.78. The Labute approximate surface area is 135 Å². The molecule has 2 rings (SSSR count). The Hall–Kier alpha value is -1.18. The minimum Gasteiger partial charge on any atom is -0.258 e. The number of hydrogen-bond donors (Lipinski definition) is 0. The predicted octanol–water partition coefficient (Wildman–Crippen LogP) is 3.22. The van der Waals surface area contributed by atoms with Crippen LogP contribution in [0.15, 0.2) is 17.0 Å². The van der Waals surface area contributed by atoms with Crippen molar-refractivity contribution in [3.8, 4) is 0 Å². The van der Waals surface area contributed by atoms with Crippen LogP contribution in [0, 0.1) is 28.9 Å². The molecule has 1 aliphatic rings. The van der Waals surface area contributed by atoms with Gasteiger partial charge in [-0.1, -0.05) is 25.4 Å². The zero-order valence-electron chi connectivity index (χ0n) is 12.7. The number of rotatable bonds is 3. The van der Waals surface area contributed by atoms with Gasteiger partial charge in [-0.3, -0.25) is 10.1 Å². The number of benzene rings is 1. The van der Waals surface area contributed by atoms with Gasteiger partial charge in [-0.15, -0.1) is 0 Å². The minimum atomic E-state index is -3.78. The average molecular weight is 347 g/mol. The molecule has 8 heteroatoms. The van der Waals surface area contributed by atoms with E-state index >= 15 is 0 Å². The molecule has 0 bridgehead atoms. The monoisotopic (exact) mass is 346 g/mol. The van der Waals surface area contributed by atoms with E-state index in [1.165, 1.54) is 17.3 Å². The highest BCUT2D eigenvalue weighted by molar-refractivity contribution is 7.89. The Bertz CT molecular complexity index is 695. The summed E-state index contributed by atoms with van der Waals surface area (Å²) in [5, 5.41) is 11.2. The van der Waals surface area contributed by atoms with Crippen molar-refractivity contribution in [1.82, 2.24) is 4.31 Å². The second-order valence-electron chi connectivity index (χ2n) is 6.07. The van der Waals surface area contributed by atoms with E-state index in [0.29, 0.717) is 13.1 Å². The Morgan fingerprint density at radius 1 is 1.27 bits per heavy atom. The van der Waals surface area contributed by atoms with Crippen LogP contribution in [0.5, 0.6) is 0 Å². The second-order valence-corrected chi connectivity index (χ2v) is 8.42. The largest absolute Gasteiger partial charge is 0.275 e. The second kappa shape index (κ2) is 6.14. The van der Waals surface area contributed by atoms with Crippen LogP contribution >= 0.6 is 11.6 Å². The Morgan fingerprint density at radius 3 is 2.32 bits per heavy atom. The Balaban J connectivity index is 2.48. The molecule has 1 heterocycles. The van der Waals surface area contributed by atoms with E-state index in [-0.39, 0.29) is 33.0 Å². The molecule has 1 aromatic rings. The molecule has 0 radical (unpaired) electrons. The lowest BCUT2D eigenvalue weighted by Crippen LogP contribution is -2.42. The summed E-state index contributed by atoms with van der Waals surface area (Å²) in [6.45, 7) is 6.35. The molecular weight excluding hydrogens is 328 g/mol. The fourth-order valence-electron chi connectivity index (χ4n) is 2.93. The molecule has 0 N–H and O–H groups in total. The first-order valence-electron chi connectivity index (χ1n) is 7.07. The number of nitrogens with zero attached hydrogens (tertiary/aromatic N) is 2. The van der Waals surface area contributed by atoms with E-state index in [9.17, 15) is 18.5 Å². The van der Waals surface area contributed by atoms with E-state index in [1.807, 2.05) is 13.8 Å². The Morgan fingerprint density at radius 2 is 1.82 bits per heavy atom. The lowest BCUT2D eigenvalue weighted by molar-refractivity contribution is -0.385. The summed E-state index contributed by atoms with van der Waals surface area (Å²) >= 11 is 5.98. The molecule has 22 heavy (non-hydrogen) atoms. The molecule has 2 atom stereocenters. The fourth-order valence-corrected chi connectivity index (χ4v) is 4.94. The Kier molecular flexibility index (Phi) is 4.79. The molecule has 0 unspecified atom stereocenters. The number of piperidine rings is 1. The number of nitro benzene ring substituents is 1. The van der Waals surface area contributed by atoms with Gasteiger partial charge in [-0.05, 0) is 31.2 Å². The van der Waals surface area contributed by atoms with Crippen LogP contribution in [-0.4, -0.2) is 30.7 Å². The van der Waals surface area contributed by atoms with E-state index < -0.39 is 14.9 Å². The molecule has 1 aliphatic heterocycles. The maximum atomic E-state index is 12.8. The van der Waals surface area contributed by atoms with Gasteiger partial charge in [0, 0.05) is 24.7 Å². The molecule has 1 saturated heterocycles. The van der Waals surface area contributed by atoms with Crippen molar-refractivity contribution in [3.63, 3.8) is 0 Å². The summed E-state index contributed by atoms with van der Waals surface area (Å²) in [6.07, 6.45) is 0.973. The van der Waals surface area contributed by atoms with E-state index in [0.717, 1.165) is 12.5 Å². The van der Waals surface area contributed by atoms with Gasteiger partial charge in [0.25, 0.3) is 5.69 Å². The SMILES string of the molecule is Cc1c(Cl)cc(S(=O)(=O)N2C[C@H](C)C[C@@H](C)C2)cc1[N+](=O)[O-]. The molecule has 6 nitrogen and oxygen atoms in total. The van der Waals surface area contributed by atoms with Crippen LogP contribution < -0.4 is 0 Å². The van der Waals surface area contributed by atoms with Gasteiger partial charge in [0.2, 0.25) is 10.0 Å². The lowest BCUT2D eigenvalue weighted by Gasteiger charge is -2.34. The van der Waals surface area contributed by atoms with Crippen molar-refractivity contribution in [2.24, 2.45) is 11.8 Å². The molecule has 0 aliphatic carbocycles. The number of hydrogen-bond acceptors (Lipinski definition) is 4. The third-order valence-corrected chi connectivity index (χ3v) is 6.16. The lowest BCUT2D eigenvalue weighted by atomic mass is 9.94. The smallest absolute Gasteiger partial charge is 0.258 e. The summed E-state index contributed by atoms with van der Waals surface area (Å²) in [6, 6.07) is 2.39. The highest BCUT2D eigenvalue weighted by atomic mass is 35.5. The summed E-state index contributed by atoms with van der Waals surface area (Å²) < 4.78 is 26.9.